The topological polar surface area (TPSA) is 125 Å². The second kappa shape index (κ2) is 17.6. The van der Waals surface area contributed by atoms with Crippen LogP contribution in [0.4, 0.5) is 0 Å². The first kappa shape index (κ1) is 35.7. The summed E-state index contributed by atoms with van der Waals surface area (Å²) in [5.74, 6) is -1.07. The van der Waals surface area contributed by atoms with Gasteiger partial charge in [-0.25, -0.2) is 0 Å². The minimum Gasteiger partial charge on any atom is -0.870 e. The average Bonchev–Trinajstić information content (AvgIpc) is 3.39. The van der Waals surface area contributed by atoms with E-state index >= 15 is 0 Å². The Hall–Kier alpha value is -3.50. The number of nitrogens with one attached hydrogen (secondary N) is 2. The molecule has 0 saturated carbocycles. The zero-order valence-corrected chi connectivity index (χ0v) is 28.0. The third kappa shape index (κ3) is 10.6. The van der Waals surface area contributed by atoms with E-state index in [0.717, 1.165) is 44.3 Å². The number of carbonyl (C=O) groups excluding carboxylic acids is 1. The predicted octanol–water partition coefficient (Wildman–Crippen LogP) is 4.43. The van der Waals surface area contributed by atoms with E-state index in [4.69, 9.17) is 9.84 Å². The number of hydrogen-bond acceptors (Lipinski definition) is 4. The molecule has 2 aromatic heterocycles. The number of aliphatic carboxylic acids is 1. The van der Waals surface area contributed by atoms with E-state index in [1.807, 2.05) is 48.7 Å². The Labute approximate surface area is 294 Å². The van der Waals surface area contributed by atoms with Gasteiger partial charge in [0.1, 0.15) is 0 Å². The van der Waals surface area contributed by atoms with Crippen molar-refractivity contribution in [3.8, 4) is 22.3 Å². The molecule has 216 valence electrons. The number of rotatable bonds is 6. The summed E-state index contributed by atoms with van der Waals surface area (Å²) in [5, 5.41) is 9.93. The Morgan fingerprint density at radius 1 is 0.744 bits per heavy atom. The van der Waals surface area contributed by atoms with Crippen LogP contribution in [-0.4, -0.2) is 39.6 Å². The number of ether oxygens (including phenoxy) is 1. The molecule has 0 fully saturated rings. The molecule has 0 spiro atoms. The maximum atomic E-state index is 11.4. The second-order valence-electron chi connectivity index (χ2n) is 9.84. The molecule has 0 aliphatic carbocycles. The Kier molecular flexibility index (Phi) is 14.6. The molecule has 0 aliphatic heterocycles. The van der Waals surface area contributed by atoms with E-state index in [2.05, 4.69) is 72.3 Å². The number of methoxy groups -OCH3 is 1. The van der Waals surface area contributed by atoms with Crippen molar-refractivity contribution < 1.29 is 76.3 Å². The van der Waals surface area contributed by atoms with Gasteiger partial charge < -0.3 is 25.3 Å². The van der Waals surface area contributed by atoms with Crippen molar-refractivity contribution >= 4 is 22.8 Å². The molecular formula is C35H35KN2O5. The van der Waals surface area contributed by atoms with Gasteiger partial charge in [0.05, 0.1) is 20.0 Å². The first-order valence-electron chi connectivity index (χ1n) is 13.3. The Morgan fingerprint density at radius 2 is 1.35 bits per heavy atom. The monoisotopic (exact) mass is 602 g/mol. The molecule has 0 unspecified atom stereocenters. The summed E-state index contributed by atoms with van der Waals surface area (Å²) in [6.45, 7) is 4.14. The summed E-state index contributed by atoms with van der Waals surface area (Å²) in [6, 6.07) is 30.7. The number of aryl methyl sites for hydroxylation is 2. The van der Waals surface area contributed by atoms with Crippen LogP contribution in [-0.2, 0) is 27.2 Å². The van der Waals surface area contributed by atoms with Crippen LogP contribution in [0.15, 0.2) is 110 Å². The molecule has 0 saturated heterocycles. The standard InChI is InChI=1S/C18H19NO2.C17H15NO2.K.H2O/c1-14-5-3-6-17(11-14)16-7-4-10-19-13-15(8-9-16)12-18(20)21-2;1-11-3-2-4-12(7-11)13-5-6-16-15(8-13)14(10-18-16)9-17(19)20;;/h3-11,13,19H,12H2,1-2H3;2-8,10,18H,9H2,1H3,(H,19,20);;1H2/q;;+1;/p-1. The molecule has 0 radical (unpaired) electrons. The van der Waals surface area contributed by atoms with E-state index in [0.29, 0.717) is 0 Å². The fraction of sp³-hybridized carbons (Fsp3) is 0.143. The molecule has 5 aromatic rings. The Morgan fingerprint density at radius 3 is 1.98 bits per heavy atom. The normalized spacial score (nSPS) is 9.84. The number of benzene rings is 3. The summed E-state index contributed by atoms with van der Waals surface area (Å²) >= 11 is 0. The van der Waals surface area contributed by atoms with E-state index in [1.165, 1.54) is 18.2 Å². The van der Waals surface area contributed by atoms with Gasteiger partial charge in [0, 0.05) is 29.5 Å². The SMILES string of the molecule is COC(=O)Cc1ccc(-c2cccc(C)c2)ccc[nH]c1.Cc1cccc(-c2ccc3[nH]cc(CC(=O)O)c3c2)c1.[K+].[OH-]. The molecule has 0 aliphatic rings. The number of carbonyl (C=O) groups is 2. The number of carboxylic acid groups (broad SMARTS) is 1. The minimum atomic E-state index is -0.813. The van der Waals surface area contributed by atoms with Gasteiger partial charge in [0.25, 0.3) is 0 Å². The van der Waals surface area contributed by atoms with E-state index in [1.54, 1.807) is 12.4 Å². The third-order valence-electron chi connectivity index (χ3n) is 6.60. The number of esters is 1. The first-order chi connectivity index (χ1) is 19.8. The molecule has 0 atom stereocenters. The van der Waals surface area contributed by atoms with Gasteiger partial charge in [0.15, 0.2) is 0 Å². The summed E-state index contributed by atoms with van der Waals surface area (Å²) in [4.78, 5) is 28.5. The summed E-state index contributed by atoms with van der Waals surface area (Å²) in [6.07, 6.45) is 5.70. The molecule has 43 heavy (non-hydrogen) atoms. The zero-order valence-electron chi connectivity index (χ0n) is 24.9. The molecule has 2 heterocycles. The molecule has 0 amide bonds. The summed E-state index contributed by atoms with van der Waals surface area (Å²) in [7, 11) is 1.40. The molecule has 0 bridgehead atoms. The van der Waals surface area contributed by atoms with Gasteiger partial charge in [-0.2, -0.15) is 0 Å². The molecule has 8 heteroatoms. The van der Waals surface area contributed by atoms with Gasteiger partial charge in [-0.3, -0.25) is 9.59 Å². The van der Waals surface area contributed by atoms with Crippen molar-refractivity contribution in [2.45, 2.75) is 26.7 Å². The largest absolute Gasteiger partial charge is 1.00 e. The molecule has 7 nitrogen and oxygen atoms in total. The number of hydrogen-bond donors (Lipinski definition) is 3. The fourth-order valence-corrected chi connectivity index (χ4v) is 4.52. The van der Waals surface area contributed by atoms with Gasteiger partial charge in [0.2, 0.25) is 0 Å². The Balaban J connectivity index is 0.000000287. The van der Waals surface area contributed by atoms with Crippen LogP contribution in [0, 0.1) is 13.8 Å². The van der Waals surface area contributed by atoms with Crippen LogP contribution in [0.25, 0.3) is 33.2 Å². The van der Waals surface area contributed by atoms with Crippen LogP contribution < -0.4 is 51.4 Å². The van der Waals surface area contributed by atoms with Crippen molar-refractivity contribution in [1.82, 2.24) is 9.97 Å². The van der Waals surface area contributed by atoms with E-state index in [-0.39, 0.29) is 75.7 Å². The average molecular weight is 603 g/mol. The van der Waals surface area contributed by atoms with Crippen LogP contribution in [0.1, 0.15) is 22.3 Å². The fourth-order valence-electron chi connectivity index (χ4n) is 4.52. The summed E-state index contributed by atoms with van der Waals surface area (Å²) < 4.78 is 4.71. The molecular weight excluding hydrogens is 567 g/mol. The second-order valence-corrected chi connectivity index (χ2v) is 9.84. The van der Waals surface area contributed by atoms with Crippen LogP contribution in [0.2, 0.25) is 0 Å². The zero-order chi connectivity index (χ0) is 29.2. The minimum absolute atomic E-state index is 0. The van der Waals surface area contributed by atoms with Gasteiger partial charge in [-0.05, 0) is 65.4 Å². The van der Waals surface area contributed by atoms with E-state index < -0.39 is 5.97 Å². The van der Waals surface area contributed by atoms with Gasteiger partial charge in [-0.15, -0.1) is 0 Å². The van der Waals surface area contributed by atoms with Crippen molar-refractivity contribution in [3.05, 3.63) is 132 Å². The third-order valence-corrected chi connectivity index (χ3v) is 6.60. The number of carboxylic acids is 1. The maximum Gasteiger partial charge on any atom is 1.00 e. The van der Waals surface area contributed by atoms with Crippen molar-refractivity contribution in [2.75, 3.05) is 7.11 Å². The van der Waals surface area contributed by atoms with Gasteiger partial charge in [-0.1, -0.05) is 83.9 Å². The van der Waals surface area contributed by atoms with Crippen LogP contribution in [0.5, 0.6) is 0 Å². The quantitative estimate of drug-likeness (QED) is 0.196. The van der Waals surface area contributed by atoms with Crippen molar-refractivity contribution in [3.63, 3.8) is 0 Å². The first-order valence-corrected chi connectivity index (χ1v) is 13.3. The number of fused-ring (bicyclic) bond motifs is 1. The number of aromatic amines is 2. The molecule has 3 aromatic carbocycles. The van der Waals surface area contributed by atoms with Crippen molar-refractivity contribution in [2.24, 2.45) is 0 Å². The van der Waals surface area contributed by atoms with E-state index in [9.17, 15) is 9.59 Å². The molecule has 5 rings (SSSR count). The smallest absolute Gasteiger partial charge is 0.870 e. The predicted molar refractivity (Wildman–Crippen MR) is 166 cm³/mol. The van der Waals surface area contributed by atoms with Crippen LogP contribution in [0.3, 0.4) is 0 Å². The number of H-pyrrole nitrogens is 2. The van der Waals surface area contributed by atoms with Gasteiger partial charge >= 0.3 is 63.3 Å². The van der Waals surface area contributed by atoms with Crippen LogP contribution >= 0.6 is 0 Å². The van der Waals surface area contributed by atoms with Crippen molar-refractivity contribution in [1.29, 1.82) is 0 Å². The molecule has 4 N–H and O–H groups in total. The Bertz CT molecular complexity index is 1720. The number of aromatic nitrogens is 2. The maximum absolute atomic E-state index is 11.4. The summed E-state index contributed by atoms with van der Waals surface area (Å²) in [5.41, 5.74) is 9.58.